The fourth-order valence-electron chi connectivity index (χ4n) is 2.41. The standard InChI is InChI=1S/C16H21NO2/c17-13-14-7-9-16(10-8-14)19-12-11-18-15-5-3-1-2-4-6-15/h7-10,15H,1-6,11-12H2. The molecule has 1 aromatic rings. The summed E-state index contributed by atoms with van der Waals surface area (Å²) in [4.78, 5) is 0. The van der Waals surface area contributed by atoms with Gasteiger partial charge < -0.3 is 9.47 Å². The number of rotatable bonds is 5. The molecule has 0 bridgehead atoms. The molecule has 0 radical (unpaired) electrons. The lowest BCUT2D eigenvalue weighted by atomic mass is 10.1. The Hall–Kier alpha value is -1.53. The van der Waals surface area contributed by atoms with Gasteiger partial charge in [-0.05, 0) is 37.1 Å². The summed E-state index contributed by atoms with van der Waals surface area (Å²) < 4.78 is 11.4. The fraction of sp³-hybridized carbons (Fsp3) is 0.562. The topological polar surface area (TPSA) is 42.2 Å². The first-order chi connectivity index (χ1) is 9.38. The molecule has 0 aliphatic heterocycles. The van der Waals surface area contributed by atoms with E-state index in [-0.39, 0.29) is 0 Å². The maximum absolute atomic E-state index is 8.70. The molecular formula is C16H21NO2. The molecule has 1 aliphatic carbocycles. The minimum atomic E-state index is 0.423. The smallest absolute Gasteiger partial charge is 0.119 e. The lowest BCUT2D eigenvalue weighted by Gasteiger charge is -2.15. The van der Waals surface area contributed by atoms with Gasteiger partial charge in [0.05, 0.1) is 24.3 Å². The Bertz CT molecular complexity index is 400. The van der Waals surface area contributed by atoms with Crippen molar-refractivity contribution in [3.05, 3.63) is 29.8 Å². The molecule has 0 heterocycles. The van der Waals surface area contributed by atoms with Crippen LogP contribution < -0.4 is 4.74 Å². The lowest BCUT2D eigenvalue weighted by Crippen LogP contribution is -2.16. The molecule has 2 rings (SSSR count). The van der Waals surface area contributed by atoms with Gasteiger partial charge in [0.2, 0.25) is 0 Å². The zero-order chi connectivity index (χ0) is 13.3. The highest BCUT2D eigenvalue weighted by Crippen LogP contribution is 2.19. The van der Waals surface area contributed by atoms with Gasteiger partial charge in [-0.3, -0.25) is 0 Å². The molecule has 102 valence electrons. The predicted molar refractivity (Wildman–Crippen MR) is 74.1 cm³/mol. The van der Waals surface area contributed by atoms with Crippen molar-refractivity contribution in [3.63, 3.8) is 0 Å². The number of nitrogens with zero attached hydrogens (tertiary/aromatic N) is 1. The largest absolute Gasteiger partial charge is 0.491 e. The van der Waals surface area contributed by atoms with Crippen molar-refractivity contribution in [2.75, 3.05) is 13.2 Å². The van der Waals surface area contributed by atoms with Crippen LogP contribution >= 0.6 is 0 Å². The van der Waals surface area contributed by atoms with Crippen LogP contribution in [0.1, 0.15) is 44.1 Å². The highest BCUT2D eigenvalue weighted by Gasteiger charge is 2.12. The minimum absolute atomic E-state index is 0.423. The summed E-state index contributed by atoms with van der Waals surface area (Å²) in [5.74, 6) is 0.795. The Morgan fingerprint density at radius 1 is 1.00 bits per heavy atom. The van der Waals surface area contributed by atoms with E-state index in [1.807, 2.05) is 12.1 Å². The fourth-order valence-corrected chi connectivity index (χ4v) is 2.41. The van der Waals surface area contributed by atoms with E-state index in [0.29, 0.717) is 24.9 Å². The van der Waals surface area contributed by atoms with Crippen LogP contribution in [-0.2, 0) is 4.74 Å². The monoisotopic (exact) mass is 259 g/mol. The molecule has 0 amide bonds. The van der Waals surface area contributed by atoms with Gasteiger partial charge in [-0.25, -0.2) is 0 Å². The van der Waals surface area contributed by atoms with Gasteiger partial charge in [0.15, 0.2) is 0 Å². The first kappa shape index (κ1) is 13.9. The van der Waals surface area contributed by atoms with Gasteiger partial charge in [-0.1, -0.05) is 25.7 Å². The average molecular weight is 259 g/mol. The van der Waals surface area contributed by atoms with Crippen molar-refractivity contribution in [2.24, 2.45) is 0 Å². The van der Waals surface area contributed by atoms with E-state index in [4.69, 9.17) is 14.7 Å². The summed E-state index contributed by atoms with van der Waals surface area (Å²) in [6.07, 6.45) is 8.09. The highest BCUT2D eigenvalue weighted by atomic mass is 16.5. The van der Waals surface area contributed by atoms with E-state index in [1.54, 1.807) is 12.1 Å². The molecule has 0 saturated heterocycles. The molecule has 3 heteroatoms. The van der Waals surface area contributed by atoms with Crippen molar-refractivity contribution in [1.82, 2.24) is 0 Å². The van der Waals surface area contributed by atoms with Crippen molar-refractivity contribution < 1.29 is 9.47 Å². The second-order valence-corrected chi connectivity index (χ2v) is 4.97. The zero-order valence-corrected chi connectivity index (χ0v) is 11.3. The summed E-state index contributed by atoms with van der Waals surface area (Å²) in [6.45, 7) is 1.22. The van der Waals surface area contributed by atoms with Crippen LogP contribution in [0.3, 0.4) is 0 Å². The Balaban J connectivity index is 1.64. The van der Waals surface area contributed by atoms with E-state index in [0.717, 1.165) is 5.75 Å². The molecule has 0 unspecified atom stereocenters. The van der Waals surface area contributed by atoms with Gasteiger partial charge in [0.25, 0.3) is 0 Å². The summed E-state index contributed by atoms with van der Waals surface area (Å²) in [7, 11) is 0. The Morgan fingerprint density at radius 2 is 1.68 bits per heavy atom. The van der Waals surface area contributed by atoms with Gasteiger partial charge in [-0.2, -0.15) is 5.26 Å². The molecule has 19 heavy (non-hydrogen) atoms. The van der Waals surface area contributed by atoms with E-state index >= 15 is 0 Å². The van der Waals surface area contributed by atoms with Crippen molar-refractivity contribution in [2.45, 2.75) is 44.6 Å². The van der Waals surface area contributed by atoms with E-state index < -0.39 is 0 Å². The van der Waals surface area contributed by atoms with Gasteiger partial charge >= 0.3 is 0 Å². The molecule has 1 fully saturated rings. The lowest BCUT2D eigenvalue weighted by molar-refractivity contribution is 0.0254. The molecule has 3 nitrogen and oxygen atoms in total. The third kappa shape index (κ3) is 4.92. The van der Waals surface area contributed by atoms with Crippen LogP contribution in [0, 0.1) is 11.3 Å². The number of hydrogen-bond donors (Lipinski definition) is 0. The Labute approximate surface area is 115 Å². The third-order valence-corrected chi connectivity index (χ3v) is 3.49. The van der Waals surface area contributed by atoms with Crippen molar-refractivity contribution >= 4 is 0 Å². The Morgan fingerprint density at radius 3 is 2.32 bits per heavy atom. The van der Waals surface area contributed by atoms with Crippen molar-refractivity contribution in [3.8, 4) is 11.8 Å². The number of hydrogen-bond acceptors (Lipinski definition) is 3. The number of ether oxygens (including phenoxy) is 2. The molecular weight excluding hydrogens is 238 g/mol. The van der Waals surface area contributed by atoms with Crippen LogP contribution in [0.4, 0.5) is 0 Å². The van der Waals surface area contributed by atoms with E-state index in [2.05, 4.69) is 6.07 Å². The first-order valence-electron chi connectivity index (χ1n) is 7.13. The van der Waals surface area contributed by atoms with Gasteiger partial charge in [0.1, 0.15) is 12.4 Å². The van der Waals surface area contributed by atoms with Crippen LogP contribution in [0.15, 0.2) is 24.3 Å². The summed E-state index contributed by atoms with van der Waals surface area (Å²) in [5, 5.41) is 8.70. The maximum Gasteiger partial charge on any atom is 0.119 e. The van der Waals surface area contributed by atoms with Gasteiger partial charge in [-0.15, -0.1) is 0 Å². The minimum Gasteiger partial charge on any atom is -0.491 e. The average Bonchev–Trinajstić information content (AvgIpc) is 2.73. The molecule has 1 aromatic carbocycles. The summed E-state index contributed by atoms with van der Waals surface area (Å²) >= 11 is 0. The third-order valence-electron chi connectivity index (χ3n) is 3.49. The van der Waals surface area contributed by atoms with E-state index in [9.17, 15) is 0 Å². The molecule has 1 saturated carbocycles. The van der Waals surface area contributed by atoms with Gasteiger partial charge in [0, 0.05) is 0 Å². The van der Waals surface area contributed by atoms with Crippen LogP contribution in [0.25, 0.3) is 0 Å². The Kier molecular flexibility index (Phi) is 5.71. The highest BCUT2D eigenvalue weighted by molar-refractivity contribution is 5.34. The molecule has 0 spiro atoms. The molecule has 1 aliphatic rings. The van der Waals surface area contributed by atoms with Crippen LogP contribution in [0.2, 0.25) is 0 Å². The maximum atomic E-state index is 8.70. The summed E-state index contributed by atoms with van der Waals surface area (Å²) in [6, 6.07) is 9.27. The molecule has 0 aromatic heterocycles. The second-order valence-electron chi connectivity index (χ2n) is 4.97. The quantitative estimate of drug-likeness (QED) is 0.598. The van der Waals surface area contributed by atoms with Crippen molar-refractivity contribution in [1.29, 1.82) is 5.26 Å². The second kappa shape index (κ2) is 7.81. The summed E-state index contributed by atoms with van der Waals surface area (Å²) in [5.41, 5.74) is 0.655. The van der Waals surface area contributed by atoms with Crippen LogP contribution in [-0.4, -0.2) is 19.3 Å². The number of benzene rings is 1. The predicted octanol–water partition coefficient (Wildman–Crippen LogP) is 3.68. The molecule has 0 N–H and O–H groups in total. The molecule has 0 atom stereocenters. The van der Waals surface area contributed by atoms with Crippen LogP contribution in [0.5, 0.6) is 5.75 Å². The first-order valence-corrected chi connectivity index (χ1v) is 7.13. The number of nitriles is 1. The SMILES string of the molecule is N#Cc1ccc(OCCOC2CCCCCC2)cc1. The normalized spacial score (nSPS) is 16.6. The zero-order valence-electron chi connectivity index (χ0n) is 11.3. The van der Waals surface area contributed by atoms with E-state index in [1.165, 1.54) is 38.5 Å².